The van der Waals surface area contributed by atoms with E-state index in [0.717, 1.165) is 38.0 Å². The lowest BCUT2D eigenvalue weighted by molar-refractivity contribution is -0.274. The van der Waals surface area contributed by atoms with Crippen LogP contribution in [0.4, 0.5) is 24.3 Å². The van der Waals surface area contributed by atoms with Gasteiger partial charge in [-0.1, -0.05) is 11.3 Å². The van der Waals surface area contributed by atoms with Crippen LogP contribution < -0.4 is 15.4 Å². The molecule has 3 N–H and O–H groups in total. The van der Waals surface area contributed by atoms with Gasteiger partial charge in [0.05, 0.1) is 27.4 Å². The zero-order chi connectivity index (χ0) is 26.2. The van der Waals surface area contributed by atoms with E-state index in [0.29, 0.717) is 38.9 Å². The third kappa shape index (κ3) is 5.95. The number of carbonyl (C=O) groups is 1. The summed E-state index contributed by atoms with van der Waals surface area (Å²) in [6.45, 7) is 2.88. The third-order valence-electron chi connectivity index (χ3n) is 6.23. The van der Waals surface area contributed by atoms with Crippen LogP contribution in [0.25, 0.3) is 21.3 Å². The molecule has 1 aliphatic rings. The number of nitrogens with one attached hydrogen (secondary N) is 2. The Morgan fingerprint density at radius 1 is 1.16 bits per heavy atom. The van der Waals surface area contributed by atoms with Gasteiger partial charge in [0.25, 0.3) is 5.91 Å². The van der Waals surface area contributed by atoms with Crippen molar-refractivity contribution in [1.29, 1.82) is 0 Å². The zero-order valence-electron chi connectivity index (χ0n) is 19.9. The molecule has 4 aromatic rings. The number of amides is 1. The number of benzene rings is 2. The summed E-state index contributed by atoms with van der Waals surface area (Å²) < 4.78 is 43.9. The van der Waals surface area contributed by atoms with Gasteiger partial charge in [-0.15, -0.1) is 13.2 Å². The molecule has 0 saturated carbocycles. The largest absolute Gasteiger partial charge is 0.573 e. The number of imidazole rings is 1. The standard InChI is InChI=1S/C24H25F3N6O3S/c1-32-19-5-2-14(21(35)28-8-11-33-9-6-15(34)7-10-33)12-18(19)29-22(32)31-23-30-17-4-3-16(13-20(17)37-23)36-24(25,26)27/h2-5,12-13,15,34H,6-11H2,1H3,(H,28,35)(H,29,30,31). The van der Waals surface area contributed by atoms with E-state index >= 15 is 0 Å². The van der Waals surface area contributed by atoms with Crippen LogP contribution in [0.5, 0.6) is 5.75 Å². The molecule has 0 radical (unpaired) electrons. The van der Waals surface area contributed by atoms with Crippen LogP contribution in [-0.2, 0) is 7.05 Å². The van der Waals surface area contributed by atoms with Gasteiger partial charge < -0.3 is 29.9 Å². The number of hydrogen-bond acceptors (Lipinski definition) is 8. The molecule has 2 aromatic carbocycles. The summed E-state index contributed by atoms with van der Waals surface area (Å²) in [7, 11) is 1.82. The fourth-order valence-electron chi connectivity index (χ4n) is 4.28. The highest BCUT2D eigenvalue weighted by molar-refractivity contribution is 7.22. The molecule has 0 aliphatic carbocycles. The van der Waals surface area contributed by atoms with Crippen molar-refractivity contribution in [3.8, 4) is 5.75 Å². The van der Waals surface area contributed by atoms with Gasteiger partial charge in [0.1, 0.15) is 5.75 Å². The Hall–Kier alpha value is -3.42. The van der Waals surface area contributed by atoms with Crippen LogP contribution in [0.15, 0.2) is 36.4 Å². The monoisotopic (exact) mass is 534 g/mol. The van der Waals surface area contributed by atoms with E-state index in [1.165, 1.54) is 29.5 Å². The van der Waals surface area contributed by atoms with E-state index in [4.69, 9.17) is 0 Å². The number of alkyl halides is 3. The molecule has 0 bridgehead atoms. The predicted molar refractivity (Wildman–Crippen MR) is 134 cm³/mol. The summed E-state index contributed by atoms with van der Waals surface area (Å²) in [6, 6.07) is 9.24. The van der Waals surface area contributed by atoms with Crippen molar-refractivity contribution in [3.05, 3.63) is 42.0 Å². The molecule has 1 fully saturated rings. The summed E-state index contributed by atoms with van der Waals surface area (Å²) in [5, 5.41) is 16.1. The van der Waals surface area contributed by atoms with Gasteiger partial charge in [-0.05, 0) is 43.2 Å². The minimum Gasteiger partial charge on any atom is -0.406 e. The number of aromatic nitrogens is 3. The number of hydrogen-bond donors (Lipinski definition) is 3. The SMILES string of the molecule is Cn1c(Nc2nc3ccc(OC(F)(F)F)cc3s2)nc2cc(C(=O)NCCN3CCC(O)CC3)ccc21. The van der Waals surface area contributed by atoms with E-state index in [1.54, 1.807) is 12.1 Å². The van der Waals surface area contributed by atoms with Crippen molar-refractivity contribution in [3.63, 3.8) is 0 Å². The number of nitrogens with zero attached hydrogens (tertiary/aromatic N) is 4. The van der Waals surface area contributed by atoms with Crippen molar-refractivity contribution in [2.24, 2.45) is 7.05 Å². The minimum absolute atomic E-state index is 0.192. The molecule has 9 nitrogen and oxygen atoms in total. The Morgan fingerprint density at radius 2 is 1.95 bits per heavy atom. The van der Waals surface area contributed by atoms with Crippen LogP contribution in [0, 0.1) is 0 Å². The van der Waals surface area contributed by atoms with Crippen LogP contribution >= 0.6 is 11.3 Å². The number of halogens is 3. The zero-order valence-corrected chi connectivity index (χ0v) is 20.7. The van der Waals surface area contributed by atoms with Gasteiger partial charge in [0.15, 0.2) is 5.13 Å². The van der Waals surface area contributed by atoms with Crippen molar-refractivity contribution in [1.82, 2.24) is 24.8 Å². The Morgan fingerprint density at radius 3 is 2.70 bits per heavy atom. The van der Waals surface area contributed by atoms with E-state index in [2.05, 4.69) is 30.2 Å². The molecule has 13 heteroatoms. The van der Waals surface area contributed by atoms with E-state index in [-0.39, 0.29) is 17.8 Å². The van der Waals surface area contributed by atoms with Gasteiger partial charge in [0, 0.05) is 44.9 Å². The first kappa shape index (κ1) is 25.2. The summed E-state index contributed by atoms with van der Waals surface area (Å²) in [5.41, 5.74) is 2.43. The van der Waals surface area contributed by atoms with Crippen LogP contribution in [0.2, 0.25) is 0 Å². The molecule has 1 aliphatic heterocycles. The lowest BCUT2D eigenvalue weighted by Gasteiger charge is -2.29. The molecule has 1 saturated heterocycles. The second-order valence-electron chi connectivity index (χ2n) is 8.85. The van der Waals surface area contributed by atoms with Gasteiger partial charge in [-0.25, -0.2) is 9.97 Å². The maximum Gasteiger partial charge on any atom is 0.573 e. The molecule has 0 atom stereocenters. The van der Waals surface area contributed by atoms with Gasteiger partial charge in [-0.2, -0.15) is 0 Å². The normalized spacial score (nSPS) is 15.4. The average molecular weight is 535 g/mol. The molecular formula is C24H25F3N6O3S. The first-order valence-corrected chi connectivity index (χ1v) is 12.5. The number of thiazole rings is 1. The number of ether oxygens (including phenoxy) is 1. The number of aryl methyl sites for hydroxylation is 1. The summed E-state index contributed by atoms with van der Waals surface area (Å²) in [6.07, 6.45) is -3.48. The average Bonchev–Trinajstić information content (AvgIpc) is 3.38. The summed E-state index contributed by atoms with van der Waals surface area (Å²) in [4.78, 5) is 23.9. The lowest BCUT2D eigenvalue weighted by atomic mass is 10.1. The number of likely N-dealkylation sites (tertiary alicyclic amines) is 1. The van der Waals surface area contributed by atoms with Crippen molar-refractivity contribution in [2.45, 2.75) is 25.3 Å². The molecule has 3 heterocycles. The second kappa shape index (κ2) is 10.1. The number of rotatable bonds is 7. The summed E-state index contributed by atoms with van der Waals surface area (Å²) in [5.74, 6) is -0.0220. The number of aliphatic hydroxyl groups is 1. The molecular weight excluding hydrogens is 509 g/mol. The fraction of sp³-hybridized carbons (Fsp3) is 0.375. The fourth-order valence-corrected chi connectivity index (χ4v) is 5.16. The highest BCUT2D eigenvalue weighted by atomic mass is 32.1. The third-order valence-corrected chi connectivity index (χ3v) is 7.16. The Kier molecular flexibility index (Phi) is 6.92. The molecule has 2 aromatic heterocycles. The lowest BCUT2D eigenvalue weighted by Crippen LogP contribution is -2.40. The molecule has 5 rings (SSSR count). The van der Waals surface area contributed by atoms with Gasteiger partial charge >= 0.3 is 6.36 Å². The van der Waals surface area contributed by atoms with Crippen LogP contribution in [0.1, 0.15) is 23.2 Å². The quantitative estimate of drug-likeness (QED) is 0.329. The van der Waals surface area contributed by atoms with Crippen molar-refractivity contribution < 1.29 is 27.8 Å². The Balaban J connectivity index is 1.26. The molecule has 0 spiro atoms. The smallest absolute Gasteiger partial charge is 0.406 e. The maximum atomic E-state index is 12.7. The first-order chi connectivity index (χ1) is 17.6. The number of piperidine rings is 1. The topological polar surface area (TPSA) is 105 Å². The number of fused-ring (bicyclic) bond motifs is 2. The number of anilines is 2. The minimum atomic E-state index is -4.76. The maximum absolute atomic E-state index is 12.7. The molecule has 37 heavy (non-hydrogen) atoms. The van der Waals surface area contributed by atoms with E-state index < -0.39 is 6.36 Å². The van der Waals surface area contributed by atoms with Gasteiger partial charge in [-0.3, -0.25) is 4.79 Å². The van der Waals surface area contributed by atoms with E-state index in [1.807, 2.05) is 17.7 Å². The van der Waals surface area contributed by atoms with Crippen molar-refractivity contribution in [2.75, 3.05) is 31.5 Å². The van der Waals surface area contributed by atoms with Crippen LogP contribution in [-0.4, -0.2) is 69.1 Å². The Labute approximate surface area is 213 Å². The highest BCUT2D eigenvalue weighted by Gasteiger charge is 2.31. The van der Waals surface area contributed by atoms with Gasteiger partial charge in [0.2, 0.25) is 5.95 Å². The first-order valence-electron chi connectivity index (χ1n) is 11.7. The van der Waals surface area contributed by atoms with E-state index in [9.17, 15) is 23.1 Å². The molecule has 0 unspecified atom stereocenters. The second-order valence-corrected chi connectivity index (χ2v) is 9.88. The molecule has 196 valence electrons. The summed E-state index contributed by atoms with van der Waals surface area (Å²) >= 11 is 1.17. The number of carbonyl (C=O) groups excluding carboxylic acids is 1. The van der Waals surface area contributed by atoms with Crippen molar-refractivity contribution >= 4 is 49.6 Å². The number of aliphatic hydroxyl groups excluding tert-OH is 1. The predicted octanol–water partition coefficient (Wildman–Crippen LogP) is 4.01. The molecule has 1 amide bonds. The van der Waals surface area contributed by atoms with Crippen LogP contribution in [0.3, 0.4) is 0 Å². The highest BCUT2D eigenvalue weighted by Crippen LogP contribution is 2.33. The Bertz CT molecular complexity index is 1430.